The Morgan fingerprint density at radius 2 is 1.68 bits per heavy atom. The van der Waals surface area contributed by atoms with E-state index >= 15 is 0 Å². The normalized spacial score (nSPS) is 22.5. The fraction of sp³-hybridized carbons (Fsp3) is 0.767. The Hall–Kier alpha value is -2.91. The van der Waals surface area contributed by atoms with Crippen molar-refractivity contribution in [2.75, 3.05) is 13.1 Å². The summed E-state index contributed by atoms with van der Waals surface area (Å²) >= 11 is 0. The van der Waals surface area contributed by atoms with Crippen molar-refractivity contribution in [2.24, 2.45) is 11.3 Å². The van der Waals surface area contributed by atoms with Gasteiger partial charge in [-0.15, -0.1) is 6.58 Å². The molecule has 0 aromatic heterocycles. The minimum atomic E-state index is -1.28. The number of hydrogen-bond acceptors (Lipinski definition) is 6. The molecule has 1 saturated carbocycles. The van der Waals surface area contributed by atoms with E-state index in [9.17, 15) is 24.0 Å². The summed E-state index contributed by atoms with van der Waals surface area (Å²) in [7, 11) is 0. The summed E-state index contributed by atoms with van der Waals surface area (Å²) in [6, 6.07) is -1.86. The number of hydrogen-bond donors (Lipinski definition) is 3. The summed E-state index contributed by atoms with van der Waals surface area (Å²) in [4.78, 5) is 67.8. The van der Waals surface area contributed by atoms with Crippen LogP contribution in [0, 0.1) is 11.3 Å². The van der Waals surface area contributed by atoms with Crippen molar-refractivity contribution in [1.29, 1.82) is 0 Å². The third kappa shape index (κ3) is 8.80. The Bertz CT molecular complexity index is 966. The summed E-state index contributed by atoms with van der Waals surface area (Å²) in [6.07, 6.45) is 6.59. The number of nitrogens with one attached hydrogen (secondary N) is 3. The molecule has 0 spiro atoms. The molecule has 0 aromatic carbocycles. The molecule has 2 fully saturated rings. The highest BCUT2D eigenvalue weighted by Gasteiger charge is 2.55. The maximum Gasteiger partial charge on any atom is 0.408 e. The van der Waals surface area contributed by atoms with Crippen LogP contribution in [0.1, 0.15) is 99.8 Å². The minimum Gasteiger partial charge on any atom is -0.444 e. The Labute approximate surface area is 239 Å². The predicted octanol–water partition coefficient (Wildman–Crippen LogP) is 3.63. The lowest BCUT2D eigenvalue weighted by Gasteiger charge is -2.39. The van der Waals surface area contributed by atoms with Gasteiger partial charge in [-0.05, 0) is 64.7 Å². The van der Waals surface area contributed by atoms with Crippen LogP contribution in [0.25, 0.3) is 0 Å². The third-order valence-corrected chi connectivity index (χ3v) is 7.65. The topological polar surface area (TPSA) is 134 Å². The number of ketones is 1. The first-order chi connectivity index (χ1) is 18.5. The van der Waals surface area contributed by atoms with Gasteiger partial charge in [0, 0.05) is 13.1 Å². The first kappa shape index (κ1) is 33.3. The SMILES string of the molecule is C=CCNC(=O)C(=O)C(CCC)NC(=O)C1(C)CC(C)(C)CN1C(=O)C(NC(=O)OC(C)(C)C)C1CCCCC1. The zero-order chi connectivity index (χ0) is 30.3. The van der Waals surface area contributed by atoms with Gasteiger partial charge in [0.15, 0.2) is 0 Å². The lowest BCUT2D eigenvalue weighted by Crippen LogP contribution is -2.63. The number of carbonyl (C=O) groups excluding carboxylic acids is 5. The molecule has 3 unspecified atom stereocenters. The molecule has 40 heavy (non-hydrogen) atoms. The molecule has 4 amide bonds. The number of Topliss-reactive ketones (excluding diaryl/α,β-unsaturated/α-hetero) is 1. The maximum atomic E-state index is 14.3. The molecule has 226 valence electrons. The predicted molar refractivity (Wildman–Crippen MR) is 153 cm³/mol. The molecule has 1 aliphatic heterocycles. The largest absolute Gasteiger partial charge is 0.444 e. The average Bonchev–Trinajstić information content (AvgIpc) is 3.13. The number of likely N-dealkylation sites (tertiary alicyclic amines) is 1. The molecule has 2 aliphatic rings. The smallest absolute Gasteiger partial charge is 0.408 e. The van der Waals surface area contributed by atoms with E-state index in [4.69, 9.17) is 4.74 Å². The summed E-state index contributed by atoms with van der Waals surface area (Å²) in [6.45, 7) is 16.8. The van der Waals surface area contributed by atoms with Crippen LogP contribution >= 0.6 is 0 Å². The molecule has 0 bridgehead atoms. The molecule has 10 nitrogen and oxygen atoms in total. The van der Waals surface area contributed by atoms with Gasteiger partial charge < -0.3 is 25.6 Å². The van der Waals surface area contributed by atoms with Gasteiger partial charge in [0.25, 0.3) is 5.91 Å². The van der Waals surface area contributed by atoms with Crippen LogP contribution in [0.2, 0.25) is 0 Å². The molecule has 0 aromatic rings. The standard InChI is InChI=1S/C30H50N4O6/c1-9-14-21(23(35)24(36)31-17-10-2)32-26(38)30(8)18-29(6,7)19-34(30)25(37)22(20-15-12-11-13-16-20)33-27(39)40-28(3,4)5/h10,20-22H,2,9,11-19H2,1,3-8H3,(H,31,36)(H,32,38)(H,33,39). The maximum absolute atomic E-state index is 14.3. The highest BCUT2D eigenvalue weighted by molar-refractivity contribution is 6.38. The van der Waals surface area contributed by atoms with E-state index in [1.165, 1.54) is 6.08 Å². The molecule has 1 aliphatic carbocycles. The van der Waals surface area contributed by atoms with Crippen LogP contribution in [0.4, 0.5) is 4.79 Å². The molecular formula is C30H50N4O6. The van der Waals surface area contributed by atoms with Crippen LogP contribution in [-0.2, 0) is 23.9 Å². The molecule has 1 heterocycles. The first-order valence-electron chi connectivity index (χ1n) is 14.6. The minimum absolute atomic E-state index is 0.0761. The van der Waals surface area contributed by atoms with Gasteiger partial charge in [-0.3, -0.25) is 19.2 Å². The fourth-order valence-corrected chi connectivity index (χ4v) is 5.94. The van der Waals surface area contributed by atoms with Crippen molar-refractivity contribution in [2.45, 2.75) is 123 Å². The van der Waals surface area contributed by atoms with Crippen molar-refractivity contribution in [3.8, 4) is 0 Å². The van der Waals surface area contributed by atoms with E-state index < -0.39 is 52.3 Å². The van der Waals surface area contributed by atoms with Gasteiger partial charge in [0.1, 0.15) is 17.2 Å². The quantitative estimate of drug-likeness (QED) is 0.260. The molecule has 0 radical (unpaired) electrons. The van der Waals surface area contributed by atoms with E-state index in [1.807, 2.05) is 20.8 Å². The second kappa shape index (κ2) is 13.6. The second-order valence-electron chi connectivity index (χ2n) is 13.2. The lowest BCUT2D eigenvalue weighted by atomic mass is 9.82. The van der Waals surface area contributed by atoms with Crippen molar-refractivity contribution in [3.63, 3.8) is 0 Å². The van der Waals surface area contributed by atoms with E-state index in [1.54, 1.807) is 32.6 Å². The van der Waals surface area contributed by atoms with E-state index in [0.717, 1.165) is 32.1 Å². The number of amides is 4. The number of ether oxygens (including phenoxy) is 1. The second-order valence-corrected chi connectivity index (χ2v) is 13.2. The summed E-state index contributed by atoms with van der Waals surface area (Å²) in [5, 5.41) is 8.10. The van der Waals surface area contributed by atoms with Crippen LogP contribution in [0.5, 0.6) is 0 Å². The van der Waals surface area contributed by atoms with Gasteiger partial charge in [0.05, 0.1) is 6.04 Å². The Kier molecular flexibility index (Phi) is 11.3. The number of rotatable bonds is 11. The number of carbonyl (C=O) groups is 5. The van der Waals surface area contributed by atoms with Crippen LogP contribution in [0.15, 0.2) is 12.7 Å². The average molecular weight is 563 g/mol. The van der Waals surface area contributed by atoms with Gasteiger partial charge in [-0.2, -0.15) is 0 Å². The number of nitrogens with zero attached hydrogens (tertiary/aromatic N) is 1. The molecule has 10 heteroatoms. The van der Waals surface area contributed by atoms with Gasteiger partial charge >= 0.3 is 6.09 Å². The van der Waals surface area contributed by atoms with Crippen molar-refractivity contribution in [3.05, 3.63) is 12.7 Å². The van der Waals surface area contributed by atoms with Gasteiger partial charge in [-0.1, -0.05) is 52.5 Å². The van der Waals surface area contributed by atoms with Crippen molar-refractivity contribution >= 4 is 29.6 Å². The van der Waals surface area contributed by atoms with Crippen LogP contribution in [0.3, 0.4) is 0 Å². The van der Waals surface area contributed by atoms with Crippen molar-refractivity contribution < 1.29 is 28.7 Å². The Morgan fingerprint density at radius 3 is 2.23 bits per heavy atom. The summed E-state index contributed by atoms with van der Waals surface area (Å²) in [5.74, 6) is -2.42. The Morgan fingerprint density at radius 1 is 1.05 bits per heavy atom. The fourth-order valence-electron chi connectivity index (χ4n) is 5.94. The molecule has 1 saturated heterocycles. The van der Waals surface area contributed by atoms with E-state index in [0.29, 0.717) is 19.4 Å². The van der Waals surface area contributed by atoms with Gasteiger partial charge in [0.2, 0.25) is 17.6 Å². The van der Waals surface area contributed by atoms with Crippen molar-refractivity contribution in [1.82, 2.24) is 20.9 Å². The van der Waals surface area contributed by atoms with Crippen LogP contribution in [-0.4, -0.2) is 70.8 Å². The Balaban J connectivity index is 2.36. The molecule has 2 rings (SSSR count). The highest BCUT2D eigenvalue weighted by Crippen LogP contribution is 2.42. The first-order valence-corrected chi connectivity index (χ1v) is 14.6. The molecule has 3 N–H and O–H groups in total. The molecule has 3 atom stereocenters. The zero-order valence-electron chi connectivity index (χ0n) is 25.5. The highest BCUT2D eigenvalue weighted by atomic mass is 16.6. The van der Waals surface area contributed by atoms with E-state index in [-0.39, 0.29) is 24.8 Å². The summed E-state index contributed by atoms with van der Waals surface area (Å²) in [5.41, 5.74) is -2.41. The monoisotopic (exact) mass is 562 g/mol. The summed E-state index contributed by atoms with van der Waals surface area (Å²) < 4.78 is 5.49. The third-order valence-electron chi connectivity index (χ3n) is 7.65. The van der Waals surface area contributed by atoms with Crippen LogP contribution < -0.4 is 16.0 Å². The number of alkyl carbamates (subject to hydrolysis) is 1. The van der Waals surface area contributed by atoms with Gasteiger partial charge in [-0.25, -0.2) is 4.79 Å². The molecular weight excluding hydrogens is 512 g/mol. The lowest BCUT2D eigenvalue weighted by molar-refractivity contribution is -0.148. The zero-order valence-corrected chi connectivity index (χ0v) is 25.5. The van der Waals surface area contributed by atoms with E-state index in [2.05, 4.69) is 22.5 Å².